The lowest BCUT2D eigenvalue weighted by atomic mass is 10.1. The van der Waals surface area contributed by atoms with E-state index in [4.69, 9.17) is 0 Å². The van der Waals surface area contributed by atoms with E-state index in [1.54, 1.807) is 4.90 Å². The van der Waals surface area contributed by atoms with E-state index in [-0.39, 0.29) is 24.3 Å². The first kappa shape index (κ1) is 19.0. The minimum atomic E-state index is -0.905. The number of anilines is 1. The number of amides is 2. The third-order valence-electron chi connectivity index (χ3n) is 4.78. The number of hydrogen-bond acceptors (Lipinski definition) is 2. The first-order valence-corrected chi connectivity index (χ1v) is 9.07. The fraction of sp³-hybridized carbons (Fsp3) is 0.333. The molecule has 0 bridgehead atoms. The molecule has 0 radical (unpaired) electrons. The van der Waals surface area contributed by atoms with Crippen molar-refractivity contribution >= 4 is 17.5 Å². The molecule has 0 aromatic heterocycles. The maximum absolute atomic E-state index is 13.2. The van der Waals surface area contributed by atoms with Gasteiger partial charge in [-0.2, -0.15) is 0 Å². The molecular weight excluding hydrogens is 350 g/mol. The number of aryl methyl sites for hydroxylation is 1. The highest BCUT2D eigenvalue weighted by Crippen LogP contribution is 2.23. The Labute approximate surface area is 157 Å². The summed E-state index contributed by atoms with van der Waals surface area (Å²) in [5.74, 6) is -1.82. The van der Waals surface area contributed by atoms with Crippen LogP contribution in [0.4, 0.5) is 14.5 Å². The Balaban J connectivity index is 1.53. The summed E-state index contributed by atoms with van der Waals surface area (Å²) in [5, 5.41) is 2.90. The molecule has 1 unspecified atom stereocenters. The van der Waals surface area contributed by atoms with Gasteiger partial charge in [0, 0.05) is 25.1 Å². The monoisotopic (exact) mass is 372 g/mol. The Morgan fingerprint density at radius 1 is 1.15 bits per heavy atom. The lowest BCUT2D eigenvalue weighted by Crippen LogP contribution is -2.27. The average molecular weight is 372 g/mol. The van der Waals surface area contributed by atoms with Gasteiger partial charge in [0.15, 0.2) is 11.6 Å². The maximum atomic E-state index is 13.2. The van der Waals surface area contributed by atoms with Gasteiger partial charge in [0.2, 0.25) is 11.8 Å². The van der Waals surface area contributed by atoms with E-state index < -0.39 is 11.6 Å². The smallest absolute Gasteiger partial charge is 0.227 e. The van der Waals surface area contributed by atoms with Crippen molar-refractivity contribution in [1.29, 1.82) is 0 Å². The molecule has 0 aliphatic carbocycles. The predicted octanol–water partition coefficient (Wildman–Crippen LogP) is 3.90. The van der Waals surface area contributed by atoms with Gasteiger partial charge in [0.05, 0.1) is 6.04 Å². The molecule has 2 aromatic rings. The molecule has 0 spiro atoms. The van der Waals surface area contributed by atoms with Crippen LogP contribution in [-0.2, 0) is 16.0 Å². The van der Waals surface area contributed by atoms with Crippen molar-refractivity contribution in [2.24, 2.45) is 0 Å². The van der Waals surface area contributed by atoms with E-state index >= 15 is 0 Å². The van der Waals surface area contributed by atoms with Crippen LogP contribution in [0.1, 0.15) is 43.4 Å². The van der Waals surface area contributed by atoms with Crippen LogP contribution in [0.3, 0.4) is 0 Å². The molecule has 1 heterocycles. The Hall–Kier alpha value is -2.76. The van der Waals surface area contributed by atoms with E-state index in [2.05, 4.69) is 5.32 Å². The molecule has 6 heteroatoms. The zero-order valence-electron chi connectivity index (χ0n) is 15.2. The number of carbonyl (C=O) groups is 2. The molecule has 3 rings (SSSR count). The van der Waals surface area contributed by atoms with Gasteiger partial charge in [-0.3, -0.25) is 9.59 Å². The summed E-state index contributed by atoms with van der Waals surface area (Å²) in [6, 6.07) is 11.1. The zero-order chi connectivity index (χ0) is 19.4. The van der Waals surface area contributed by atoms with Gasteiger partial charge in [-0.1, -0.05) is 18.2 Å². The molecular formula is C21H22F2N2O2. The van der Waals surface area contributed by atoms with E-state index in [1.807, 2.05) is 31.2 Å². The first-order valence-electron chi connectivity index (χ1n) is 9.07. The van der Waals surface area contributed by atoms with Gasteiger partial charge in [-0.05, 0) is 55.2 Å². The van der Waals surface area contributed by atoms with E-state index in [0.29, 0.717) is 18.4 Å². The Morgan fingerprint density at radius 3 is 2.52 bits per heavy atom. The maximum Gasteiger partial charge on any atom is 0.227 e. The van der Waals surface area contributed by atoms with E-state index in [1.165, 1.54) is 6.07 Å². The van der Waals surface area contributed by atoms with Crippen LogP contribution < -0.4 is 10.2 Å². The number of benzene rings is 2. The van der Waals surface area contributed by atoms with Crippen LogP contribution in [-0.4, -0.2) is 18.4 Å². The molecule has 27 heavy (non-hydrogen) atoms. The summed E-state index contributed by atoms with van der Waals surface area (Å²) < 4.78 is 26.1. The Bertz CT molecular complexity index is 837. The van der Waals surface area contributed by atoms with Gasteiger partial charge in [0.1, 0.15) is 0 Å². The van der Waals surface area contributed by atoms with Crippen molar-refractivity contribution in [2.75, 3.05) is 11.4 Å². The summed E-state index contributed by atoms with van der Waals surface area (Å²) in [5.41, 5.74) is 2.39. The lowest BCUT2D eigenvalue weighted by molar-refractivity contribution is -0.121. The summed E-state index contributed by atoms with van der Waals surface area (Å²) in [6.07, 6.45) is 2.00. The minimum Gasteiger partial charge on any atom is -0.350 e. The molecule has 1 atom stereocenters. The number of rotatable bonds is 6. The highest BCUT2D eigenvalue weighted by molar-refractivity contribution is 5.95. The first-order chi connectivity index (χ1) is 12.9. The standard InChI is InChI=1S/C21H22F2N2O2/c1-14(16-6-8-17(9-7-16)25-12-2-3-21(25)27)24-20(26)11-5-15-4-10-18(22)19(23)13-15/h4,6-10,13-14H,2-3,5,11-12H2,1H3,(H,24,26). The lowest BCUT2D eigenvalue weighted by Gasteiger charge is -2.18. The van der Waals surface area contributed by atoms with Crippen LogP contribution in [0.5, 0.6) is 0 Å². The highest BCUT2D eigenvalue weighted by Gasteiger charge is 2.21. The molecule has 2 amide bonds. The molecule has 1 aliphatic rings. The molecule has 0 saturated carbocycles. The average Bonchev–Trinajstić information content (AvgIpc) is 3.09. The molecule has 2 aromatic carbocycles. The molecule has 1 saturated heterocycles. The van der Waals surface area contributed by atoms with Gasteiger partial charge >= 0.3 is 0 Å². The van der Waals surface area contributed by atoms with Crippen molar-refractivity contribution in [3.63, 3.8) is 0 Å². The second-order valence-corrected chi connectivity index (χ2v) is 6.78. The second kappa shape index (κ2) is 8.29. The van der Waals surface area contributed by atoms with Crippen molar-refractivity contribution in [3.05, 3.63) is 65.2 Å². The summed E-state index contributed by atoms with van der Waals surface area (Å²) in [6.45, 7) is 2.62. The largest absolute Gasteiger partial charge is 0.350 e. The molecule has 1 N–H and O–H groups in total. The van der Waals surface area contributed by atoms with Crippen LogP contribution >= 0.6 is 0 Å². The van der Waals surface area contributed by atoms with Crippen LogP contribution in [0.2, 0.25) is 0 Å². The van der Waals surface area contributed by atoms with Crippen LogP contribution in [0.25, 0.3) is 0 Å². The van der Waals surface area contributed by atoms with Crippen LogP contribution in [0, 0.1) is 11.6 Å². The highest BCUT2D eigenvalue weighted by atomic mass is 19.2. The topological polar surface area (TPSA) is 49.4 Å². The number of halogens is 2. The van der Waals surface area contributed by atoms with Crippen LogP contribution in [0.15, 0.2) is 42.5 Å². The summed E-state index contributed by atoms with van der Waals surface area (Å²) in [4.78, 5) is 25.7. The second-order valence-electron chi connectivity index (χ2n) is 6.78. The zero-order valence-corrected chi connectivity index (χ0v) is 15.2. The Kier molecular flexibility index (Phi) is 5.84. The molecule has 142 valence electrons. The van der Waals surface area contributed by atoms with Crippen molar-refractivity contribution in [3.8, 4) is 0 Å². The van der Waals surface area contributed by atoms with E-state index in [0.717, 1.165) is 36.3 Å². The third kappa shape index (κ3) is 4.70. The van der Waals surface area contributed by atoms with E-state index in [9.17, 15) is 18.4 Å². The third-order valence-corrected chi connectivity index (χ3v) is 4.78. The summed E-state index contributed by atoms with van der Waals surface area (Å²) >= 11 is 0. The van der Waals surface area contributed by atoms with Crippen molar-refractivity contribution < 1.29 is 18.4 Å². The SMILES string of the molecule is CC(NC(=O)CCc1ccc(F)c(F)c1)c1ccc(N2CCCC2=O)cc1. The predicted molar refractivity (Wildman–Crippen MR) is 99.3 cm³/mol. The minimum absolute atomic E-state index is 0.140. The van der Waals surface area contributed by atoms with Crippen molar-refractivity contribution in [2.45, 2.75) is 38.6 Å². The fourth-order valence-electron chi connectivity index (χ4n) is 3.21. The number of nitrogens with one attached hydrogen (secondary N) is 1. The van der Waals surface area contributed by atoms with Gasteiger partial charge < -0.3 is 10.2 Å². The molecule has 1 fully saturated rings. The van der Waals surface area contributed by atoms with Gasteiger partial charge in [0.25, 0.3) is 0 Å². The van der Waals surface area contributed by atoms with Gasteiger partial charge in [-0.25, -0.2) is 8.78 Å². The van der Waals surface area contributed by atoms with Gasteiger partial charge in [-0.15, -0.1) is 0 Å². The number of nitrogens with zero attached hydrogens (tertiary/aromatic N) is 1. The van der Waals surface area contributed by atoms with Crippen molar-refractivity contribution in [1.82, 2.24) is 5.32 Å². The quantitative estimate of drug-likeness (QED) is 0.836. The number of hydrogen-bond donors (Lipinski definition) is 1. The fourth-order valence-corrected chi connectivity index (χ4v) is 3.21. The normalized spacial score (nSPS) is 15.1. The summed E-state index contributed by atoms with van der Waals surface area (Å²) in [7, 11) is 0. The number of carbonyl (C=O) groups excluding carboxylic acids is 2. The molecule has 1 aliphatic heterocycles. The Morgan fingerprint density at radius 2 is 1.89 bits per heavy atom. The molecule has 4 nitrogen and oxygen atoms in total.